The van der Waals surface area contributed by atoms with Crippen LogP contribution in [0.15, 0.2) is 28.9 Å². The van der Waals surface area contributed by atoms with E-state index in [0.29, 0.717) is 24.8 Å². The van der Waals surface area contributed by atoms with Gasteiger partial charge in [0.2, 0.25) is 5.88 Å². The number of hydrogen-bond donors (Lipinski definition) is 2. The first kappa shape index (κ1) is 12.9. The van der Waals surface area contributed by atoms with Crippen LogP contribution < -0.4 is 10.1 Å². The standard InChI is InChI=1S/C12H13N3O4/c1-2-18-11-4-3-8(6-14-11)13-7-9-5-10(12(16)17)15-19-9/h3-6,13H,2,7H2,1H3,(H,16,17). The van der Waals surface area contributed by atoms with Crippen molar-refractivity contribution in [1.29, 1.82) is 0 Å². The Morgan fingerprint density at radius 3 is 2.95 bits per heavy atom. The molecular formula is C12H13N3O4. The maximum Gasteiger partial charge on any atom is 0.358 e. The minimum atomic E-state index is -1.11. The third-order valence-electron chi connectivity index (χ3n) is 2.27. The number of aromatic nitrogens is 2. The zero-order valence-electron chi connectivity index (χ0n) is 10.3. The van der Waals surface area contributed by atoms with Crippen molar-refractivity contribution in [2.24, 2.45) is 0 Å². The van der Waals surface area contributed by atoms with Crippen molar-refractivity contribution in [3.63, 3.8) is 0 Å². The molecule has 19 heavy (non-hydrogen) atoms. The van der Waals surface area contributed by atoms with Gasteiger partial charge in [-0.1, -0.05) is 5.16 Å². The van der Waals surface area contributed by atoms with Crippen LogP contribution in [-0.2, 0) is 6.54 Å². The Hall–Kier alpha value is -2.57. The maximum atomic E-state index is 10.6. The van der Waals surface area contributed by atoms with Gasteiger partial charge in [-0.25, -0.2) is 9.78 Å². The summed E-state index contributed by atoms with van der Waals surface area (Å²) in [5, 5.41) is 15.2. The fourth-order valence-electron chi connectivity index (χ4n) is 1.40. The first-order valence-corrected chi connectivity index (χ1v) is 5.70. The molecule has 0 fully saturated rings. The number of nitrogens with one attached hydrogen (secondary N) is 1. The summed E-state index contributed by atoms with van der Waals surface area (Å²) >= 11 is 0. The van der Waals surface area contributed by atoms with E-state index in [1.807, 2.05) is 13.0 Å². The van der Waals surface area contributed by atoms with Crippen LogP contribution in [0.2, 0.25) is 0 Å². The number of anilines is 1. The van der Waals surface area contributed by atoms with Crippen molar-refractivity contribution < 1.29 is 19.2 Å². The zero-order valence-corrected chi connectivity index (χ0v) is 10.3. The number of aromatic carboxylic acids is 1. The Morgan fingerprint density at radius 1 is 1.53 bits per heavy atom. The van der Waals surface area contributed by atoms with Gasteiger partial charge in [0.25, 0.3) is 0 Å². The van der Waals surface area contributed by atoms with Crippen LogP contribution >= 0.6 is 0 Å². The molecule has 0 atom stereocenters. The number of pyridine rings is 1. The van der Waals surface area contributed by atoms with Gasteiger partial charge in [0, 0.05) is 12.1 Å². The van der Waals surface area contributed by atoms with Gasteiger partial charge in [-0.15, -0.1) is 0 Å². The summed E-state index contributed by atoms with van der Waals surface area (Å²) in [6.07, 6.45) is 1.62. The van der Waals surface area contributed by atoms with Crippen LogP contribution in [-0.4, -0.2) is 27.8 Å². The largest absolute Gasteiger partial charge is 0.478 e. The molecule has 2 aromatic heterocycles. The normalized spacial score (nSPS) is 10.2. The quantitative estimate of drug-likeness (QED) is 0.819. The fourth-order valence-corrected chi connectivity index (χ4v) is 1.40. The third kappa shape index (κ3) is 3.44. The average Bonchev–Trinajstić information content (AvgIpc) is 2.87. The maximum absolute atomic E-state index is 10.6. The van der Waals surface area contributed by atoms with E-state index < -0.39 is 5.97 Å². The summed E-state index contributed by atoms with van der Waals surface area (Å²) < 4.78 is 10.1. The molecule has 0 saturated heterocycles. The molecule has 7 heteroatoms. The Kier molecular flexibility index (Phi) is 3.97. The van der Waals surface area contributed by atoms with Crippen molar-refractivity contribution in [3.8, 4) is 5.88 Å². The van der Waals surface area contributed by atoms with Gasteiger partial charge in [-0.2, -0.15) is 0 Å². The number of carbonyl (C=O) groups is 1. The predicted octanol–water partition coefficient (Wildman–Crippen LogP) is 1.78. The molecule has 2 rings (SSSR count). The van der Waals surface area contributed by atoms with Crippen molar-refractivity contribution in [3.05, 3.63) is 35.9 Å². The number of nitrogens with zero attached hydrogens (tertiary/aromatic N) is 2. The van der Waals surface area contributed by atoms with E-state index in [-0.39, 0.29) is 5.69 Å². The van der Waals surface area contributed by atoms with Gasteiger partial charge in [-0.05, 0) is 13.0 Å². The van der Waals surface area contributed by atoms with Crippen molar-refractivity contribution in [2.45, 2.75) is 13.5 Å². The number of carboxylic acid groups (broad SMARTS) is 1. The van der Waals surface area contributed by atoms with Gasteiger partial charge < -0.3 is 19.7 Å². The molecule has 100 valence electrons. The Labute approximate surface area is 109 Å². The van der Waals surface area contributed by atoms with Crippen LogP contribution in [0.4, 0.5) is 5.69 Å². The van der Waals surface area contributed by atoms with E-state index in [4.69, 9.17) is 14.4 Å². The molecule has 2 N–H and O–H groups in total. The molecule has 2 aromatic rings. The van der Waals surface area contributed by atoms with E-state index in [2.05, 4.69) is 15.5 Å². The monoisotopic (exact) mass is 263 g/mol. The molecule has 2 heterocycles. The van der Waals surface area contributed by atoms with Crippen LogP contribution in [0.25, 0.3) is 0 Å². The third-order valence-corrected chi connectivity index (χ3v) is 2.27. The van der Waals surface area contributed by atoms with Gasteiger partial charge in [0.1, 0.15) is 0 Å². The van der Waals surface area contributed by atoms with Gasteiger partial charge in [0.15, 0.2) is 11.5 Å². The van der Waals surface area contributed by atoms with E-state index in [1.165, 1.54) is 6.07 Å². The summed E-state index contributed by atoms with van der Waals surface area (Å²) in [6.45, 7) is 2.78. The zero-order chi connectivity index (χ0) is 13.7. The second kappa shape index (κ2) is 5.85. The van der Waals surface area contributed by atoms with E-state index >= 15 is 0 Å². The SMILES string of the molecule is CCOc1ccc(NCc2cc(C(=O)O)no2)cn1. The van der Waals surface area contributed by atoms with Gasteiger partial charge >= 0.3 is 5.97 Å². The summed E-state index contributed by atoms with van der Waals surface area (Å²) in [7, 11) is 0. The molecule has 7 nitrogen and oxygen atoms in total. The molecule has 0 spiro atoms. The smallest absolute Gasteiger partial charge is 0.358 e. The van der Waals surface area contributed by atoms with Crippen molar-refractivity contribution in [1.82, 2.24) is 10.1 Å². The highest BCUT2D eigenvalue weighted by Gasteiger charge is 2.10. The Balaban J connectivity index is 1.92. The minimum absolute atomic E-state index is 0.110. The summed E-state index contributed by atoms with van der Waals surface area (Å²) in [5.74, 6) is -0.120. The van der Waals surface area contributed by atoms with Gasteiger partial charge in [0.05, 0.1) is 25.0 Å². The average molecular weight is 263 g/mol. The van der Waals surface area contributed by atoms with Crippen molar-refractivity contribution >= 4 is 11.7 Å². The lowest BCUT2D eigenvalue weighted by Gasteiger charge is -2.05. The van der Waals surface area contributed by atoms with Crippen molar-refractivity contribution in [2.75, 3.05) is 11.9 Å². The van der Waals surface area contributed by atoms with Crippen LogP contribution in [0.1, 0.15) is 23.2 Å². The lowest BCUT2D eigenvalue weighted by molar-refractivity contribution is 0.0685. The summed E-state index contributed by atoms with van der Waals surface area (Å²) in [6, 6.07) is 4.93. The molecule has 0 aliphatic carbocycles. The van der Waals surface area contributed by atoms with E-state index in [0.717, 1.165) is 5.69 Å². The second-order valence-electron chi connectivity index (χ2n) is 3.66. The molecule has 0 bridgehead atoms. The van der Waals surface area contributed by atoms with Crippen LogP contribution in [0, 0.1) is 0 Å². The lowest BCUT2D eigenvalue weighted by atomic mass is 10.3. The number of carboxylic acids is 1. The van der Waals surface area contributed by atoms with Crippen LogP contribution in [0.3, 0.4) is 0 Å². The Morgan fingerprint density at radius 2 is 2.37 bits per heavy atom. The number of hydrogen-bond acceptors (Lipinski definition) is 6. The minimum Gasteiger partial charge on any atom is -0.478 e. The Bertz CT molecular complexity index is 550. The second-order valence-corrected chi connectivity index (χ2v) is 3.66. The summed E-state index contributed by atoms with van der Waals surface area (Å²) in [5.41, 5.74) is 0.665. The molecule has 0 saturated carbocycles. The van der Waals surface area contributed by atoms with Crippen LogP contribution in [0.5, 0.6) is 5.88 Å². The molecule has 0 amide bonds. The number of rotatable bonds is 6. The predicted molar refractivity (Wildman–Crippen MR) is 66.2 cm³/mol. The molecule has 0 radical (unpaired) electrons. The van der Waals surface area contributed by atoms with E-state index in [1.54, 1.807) is 12.3 Å². The highest BCUT2D eigenvalue weighted by molar-refractivity contribution is 5.85. The highest BCUT2D eigenvalue weighted by atomic mass is 16.5. The highest BCUT2D eigenvalue weighted by Crippen LogP contribution is 2.13. The lowest BCUT2D eigenvalue weighted by Crippen LogP contribution is -2.00. The molecular weight excluding hydrogens is 250 g/mol. The molecule has 0 aliphatic heterocycles. The summed E-state index contributed by atoms with van der Waals surface area (Å²) in [4.78, 5) is 14.7. The topological polar surface area (TPSA) is 97.5 Å². The molecule has 0 unspecified atom stereocenters. The molecule has 0 aromatic carbocycles. The molecule has 0 aliphatic rings. The first-order valence-electron chi connectivity index (χ1n) is 5.70. The number of ether oxygens (including phenoxy) is 1. The van der Waals surface area contributed by atoms with Gasteiger partial charge in [-0.3, -0.25) is 0 Å². The van der Waals surface area contributed by atoms with E-state index in [9.17, 15) is 4.79 Å². The fraction of sp³-hybridized carbons (Fsp3) is 0.250. The first-order chi connectivity index (χ1) is 9.19.